The summed E-state index contributed by atoms with van der Waals surface area (Å²) in [6.07, 6.45) is 0.901. The van der Waals surface area contributed by atoms with Gasteiger partial charge in [-0.15, -0.1) is 0 Å². The van der Waals surface area contributed by atoms with E-state index >= 15 is 0 Å². The Kier molecular flexibility index (Phi) is 6.26. The Hall–Kier alpha value is -3.19. The van der Waals surface area contributed by atoms with Crippen LogP contribution >= 0.6 is 0 Å². The first kappa shape index (κ1) is 23.0. The van der Waals surface area contributed by atoms with Crippen LogP contribution in [-0.2, 0) is 17.3 Å². The molecule has 4 aromatic carbocycles. The molecule has 0 aliphatic carbocycles. The molecule has 0 spiro atoms. The molecular weight excluding hydrogens is 403 g/mol. The van der Waals surface area contributed by atoms with Gasteiger partial charge >= 0.3 is 0 Å². The second-order valence-corrected chi connectivity index (χ2v) is 10.6. The van der Waals surface area contributed by atoms with Crippen LogP contribution in [0, 0.1) is 5.82 Å². The molecule has 0 saturated heterocycles. The Morgan fingerprint density at radius 2 is 1.24 bits per heavy atom. The van der Waals surface area contributed by atoms with Crippen molar-refractivity contribution in [1.29, 1.82) is 0 Å². The van der Waals surface area contributed by atoms with Gasteiger partial charge in [0, 0.05) is 0 Å². The molecule has 0 nitrogen and oxygen atoms in total. The van der Waals surface area contributed by atoms with Crippen LogP contribution in [0.5, 0.6) is 0 Å². The molecule has 0 aliphatic rings. The zero-order valence-electron chi connectivity index (χ0n) is 20.3. The largest absolute Gasteiger partial charge is 0.207 e. The average Bonchev–Trinajstić information content (AvgIpc) is 2.79. The lowest BCUT2D eigenvalue weighted by Gasteiger charge is -2.25. The highest BCUT2D eigenvalue weighted by atomic mass is 19.1. The summed E-state index contributed by atoms with van der Waals surface area (Å²) in [6.45, 7) is 11.2. The Morgan fingerprint density at radius 3 is 1.91 bits per heavy atom. The summed E-state index contributed by atoms with van der Waals surface area (Å²) in [6, 6.07) is 33.3. The van der Waals surface area contributed by atoms with Crippen molar-refractivity contribution < 1.29 is 4.39 Å². The minimum Gasteiger partial charge on any atom is -0.207 e. The molecule has 4 rings (SSSR count). The topological polar surface area (TPSA) is 0 Å². The zero-order chi connectivity index (χ0) is 23.6. The van der Waals surface area contributed by atoms with E-state index in [-0.39, 0.29) is 16.6 Å². The molecule has 0 heterocycles. The standard InChI is InChI=1S/C32H33F/c1-31(2,3)30-12-7-6-11-29(30)26-10-8-9-25(21-26)24-15-13-23(14-16-24)22-32(4,5)27-17-19-28(33)20-18-27/h6-21H,22H2,1-5H3. The van der Waals surface area contributed by atoms with Crippen LogP contribution in [0.1, 0.15) is 51.3 Å². The van der Waals surface area contributed by atoms with E-state index in [0.29, 0.717) is 0 Å². The molecule has 0 saturated carbocycles. The monoisotopic (exact) mass is 436 g/mol. The minimum absolute atomic E-state index is 0.0637. The predicted octanol–water partition coefficient (Wildman–Crippen LogP) is 8.98. The fourth-order valence-electron chi connectivity index (χ4n) is 4.58. The summed E-state index contributed by atoms with van der Waals surface area (Å²) in [5.41, 5.74) is 8.80. The first-order chi connectivity index (χ1) is 15.6. The van der Waals surface area contributed by atoms with Gasteiger partial charge in [-0.2, -0.15) is 0 Å². The second kappa shape index (κ2) is 8.98. The van der Waals surface area contributed by atoms with Crippen molar-refractivity contribution in [2.24, 2.45) is 0 Å². The second-order valence-electron chi connectivity index (χ2n) is 10.6. The molecular formula is C32H33F. The molecule has 0 atom stereocenters. The summed E-state index contributed by atoms with van der Waals surface area (Å²) in [7, 11) is 0. The van der Waals surface area contributed by atoms with Crippen molar-refractivity contribution in [1.82, 2.24) is 0 Å². The quantitative estimate of drug-likeness (QED) is 0.293. The lowest BCUT2D eigenvalue weighted by atomic mass is 9.79. The maximum Gasteiger partial charge on any atom is 0.123 e. The maximum atomic E-state index is 13.3. The molecule has 0 unspecified atom stereocenters. The Labute approximate surface area is 198 Å². The maximum absolute atomic E-state index is 13.3. The molecule has 168 valence electrons. The highest BCUT2D eigenvalue weighted by molar-refractivity contribution is 5.75. The van der Waals surface area contributed by atoms with Gasteiger partial charge in [-0.3, -0.25) is 0 Å². The third-order valence-electron chi connectivity index (χ3n) is 6.47. The van der Waals surface area contributed by atoms with E-state index in [1.54, 1.807) is 12.1 Å². The van der Waals surface area contributed by atoms with Gasteiger partial charge in [-0.05, 0) is 74.4 Å². The van der Waals surface area contributed by atoms with Gasteiger partial charge in [0.1, 0.15) is 5.82 Å². The summed E-state index contributed by atoms with van der Waals surface area (Å²) >= 11 is 0. The van der Waals surface area contributed by atoms with Crippen molar-refractivity contribution in [2.45, 2.75) is 51.9 Å². The van der Waals surface area contributed by atoms with Crippen LogP contribution in [0.25, 0.3) is 22.3 Å². The fraction of sp³-hybridized carbons (Fsp3) is 0.250. The number of halogens is 1. The van der Waals surface area contributed by atoms with Crippen LogP contribution in [0.2, 0.25) is 0 Å². The summed E-state index contributed by atoms with van der Waals surface area (Å²) in [4.78, 5) is 0. The predicted molar refractivity (Wildman–Crippen MR) is 139 cm³/mol. The third kappa shape index (κ3) is 5.25. The molecule has 0 radical (unpaired) electrons. The summed E-state index contributed by atoms with van der Waals surface area (Å²) in [5.74, 6) is -0.189. The zero-order valence-corrected chi connectivity index (χ0v) is 20.3. The molecule has 0 bridgehead atoms. The molecule has 0 fully saturated rings. The van der Waals surface area contributed by atoms with Crippen molar-refractivity contribution >= 4 is 0 Å². The van der Waals surface area contributed by atoms with Crippen LogP contribution < -0.4 is 0 Å². The van der Waals surface area contributed by atoms with E-state index < -0.39 is 0 Å². The third-order valence-corrected chi connectivity index (χ3v) is 6.47. The molecule has 0 N–H and O–H groups in total. The van der Waals surface area contributed by atoms with Crippen LogP contribution in [-0.4, -0.2) is 0 Å². The SMILES string of the molecule is CC(C)(C)c1ccccc1-c1cccc(-c2ccc(CC(C)(C)c3ccc(F)cc3)cc2)c1. The normalized spacial score (nSPS) is 12.1. The number of hydrogen-bond acceptors (Lipinski definition) is 0. The molecule has 0 amide bonds. The van der Waals surface area contributed by atoms with E-state index in [4.69, 9.17) is 0 Å². The first-order valence-electron chi connectivity index (χ1n) is 11.7. The molecule has 4 aromatic rings. The van der Waals surface area contributed by atoms with E-state index in [1.807, 2.05) is 12.1 Å². The Morgan fingerprint density at radius 1 is 0.606 bits per heavy atom. The van der Waals surface area contributed by atoms with Crippen LogP contribution in [0.15, 0.2) is 97.1 Å². The smallest absolute Gasteiger partial charge is 0.123 e. The van der Waals surface area contributed by atoms with Gasteiger partial charge in [0.15, 0.2) is 0 Å². The van der Waals surface area contributed by atoms with E-state index in [0.717, 1.165) is 12.0 Å². The first-order valence-corrected chi connectivity index (χ1v) is 11.7. The van der Waals surface area contributed by atoms with Crippen molar-refractivity contribution in [3.05, 3.63) is 120 Å². The van der Waals surface area contributed by atoms with Crippen molar-refractivity contribution in [3.8, 4) is 22.3 Å². The highest BCUT2D eigenvalue weighted by Gasteiger charge is 2.21. The molecule has 33 heavy (non-hydrogen) atoms. The van der Waals surface area contributed by atoms with Crippen LogP contribution in [0.3, 0.4) is 0 Å². The summed E-state index contributed by atoms with van der Waals surface area (Å²) in [5, 5.41) is 0. The number of benzene rings is 4. The molecule has 1 heteroatoms. The van der Waals surface area contributed by atoms with Gasteiger partial charge in [-0.1, -0.05) is 113 Å². The lowest BCUT2D eigenvalue weighted by Crippen LogP contribution is -2.20. The summed E-state index contributed by atoms with van der Waals surface area (Å²) < 4.78 is 13.3. The Balaban J connectivity index is 1.59. The average molecular weight is 437 g/mol. The lowest BCUT2D eigenvalue weighted by molar-refractivity contribution is 0.520. The van der Waals surface area contributed by atoms with Gasteiger partial charge in [-0.25, -0.2) is 4.39 Å². The van der Waals surface area contributed by atoms with Crippen LogP contribution in [0.4, 0.5) is 4.39 Å². The number of hydrogen-bond donors (Lipinski definition) is 0. The van der Waals surface area contributed by atoms with E-state index in [9.17, 15) is 4.39 Å². The fourth-order valence-corrected chi connectivity index (χ4v) is 4.58. The van der Waals surface area contributed by atoms with E-state index in [1.165, 1.54) is 33.4 Å². The highest BCUT2D eigenvalue weighted by Crippen LogP contribution is 2.35. The van der Waals surface area contributed by atoms with Gasteiger partial charge < -0.3 is 0 Å². The van der Waals surface area contributed by atoms with Gasteiger partial charge in [0.2, 0.25) is 0 Å². The molecule has 0 aromatic heterocycles. The van der Waals surface area contributed by atoms with E-state index in [2.05, 4.69) is 107 Å². The van der Waals surface area contributed by atoms with Crippen molar-refractivity contribution in [2.75, 3.05) is 0 Å². The Bertz CT molecular complexity index is 1220. The number of rotatable bonds is 5. The molecule has 0 aliphatic heterocycles. The minimum atomic E-state index is -0.189. The van der Waals surface area contributed by atoms with Gasteiger partial charge in [0.25, 0.3) is 0 Å². The van der Waals surface area contributed by atoms with Crippen molar-refractivity contribution in [3.63, 3.8) is 0 Å². The van der Waals surface area contributed by atoms with Gasteiger partial charge in [0.05, 0.1) is 0 Å².